The van der Waals surface area contributed by atoms with Crippen molar-refractivity contribution in [3.8, 4) is 0 Å². The summed E-state index contributed by atoms with van der Waals surface area (Å²) in [5.74, 6) is 0. The zero-order chi connectivity index (χ0) is 23.4. The van der Waals surface area contributed by atoms with Gasteiger partial charge in [0.15, 0.2) is 0 Å². The van der Waals surface area contributed by atoms with Crippen LogP contribution in [0, 0.1) is 6.92 Å². The van der Waals surface area contributed by atoms with Crippen molar-refractivity contribution < 1.29 is 48.4 Å². The number of hydrogen-bond acceptors (Lipinski definition) is 6. The summed E-state index contributed by atoms with van der Waals surface area (Å²) in [7, 11) is -10.1. The maximum absolute atomic E-state index is 13.6. The van der Waals surface area contributed by atoms with Gasteiger partial charge >= 0.3 is 20.1 Å². The van der Waals surface area contributed by atoms with Gasteiger partial charge in [0.25, 0.3) is 15.7 Å². The fraction of sp³-hybridized carbons (Fsp3) is 0.571. The molecule has 0 unspecified atom stereocenters. The number of hydrazine groups is 1. The SMILES string of the molecule is CCOP(=O)(NC(NNS(=O)(=O)c1ccc(C)cc1)(C(F)(F)F)C(F)(F)F)OCC. The predicted molar refractivity (Wildman–Crippen MR) is 93.5 cm³/mol. The molecule has 0 amide bonds. The van der Waals surface area contributed by atoms with Gasteiger partial charge in [0, 0.05) is 0 Å². The van der Waals surface area contributed by atoms with Gasteiger partial charge in [-0.05, 0) is 32.9 Å². The van der Waals surface area contributed by atoms with E-state index in [1.54, 1.807) is 6.92 Å². The first-order valence-electron chi connectivity index (χ1n) is 8.21. The van der Waals surface area contributed by atoms with E-state index >= 15 is 0 Å². The molecule has 0 saturated carbocycles. The second-order valence-electron chi connectivity index (χ2n) is 5.73. The van der Waals surface area contributed by atoms with Gasteiger partial charge in [-0.15, -0.1) is 4.83 Å². The molecule has 0 atom stereocenters. The normalized spacial score (nSPS) is 14.2. The maximum Gasteiger partial charge on any atom is 0.430 e. The molecular formula is C14H20F6N3O5PS. The molecule has 0 heterocycles. The third-order valence-electron chi connectivity index (χ3n) is 3.46. The van der Waals surface area contributed by atoms with Gasteiger partial charge in [-0.1, -0.05) is 17.7 Å². The molecule has 1 aromatic rings. The number of halogens is 6. The molecular weight excluding hydrogens is 467 g/mol. The third kappa shape index (κ3) is 6.15. The van der Waals surface area contributed by atoms with Crippen molar-refractivity contribution in [2.75, 3.05) is 13.2 Å². The molecule has 3 N–H and O–H groups in total. The second-order valence-corrected chi connectivity index (χ2v) is 9.15. The van der Waals surface area contributed by atoms with Gasteiger partial charge in [0.05, 0.1) is 18.1 Å². The molecule has 0 aliphatic rings. The van der Waals surface area contributed by atoms with Crippen LogP contribution >= 0.6 is 7.75 Å². The minimum absolute atomic E-state index is 0.564. The number of hydrogen-bond donors (Lipinski definition) is 3. The number of sulfonamides is 1. The van der Waals surface area contributed by atoms with Crippen LogP contribution in [0.25, 0.3) is 0 Å². The fourth-order valence-corrected chi connectivity index (χ4v) is 4.53. The van der Waals surface area contributed by atoms with Gasteiger partial charge in [0.1, 0.15) is 0 Å². The summed E-state index contributed by atoms with van der Waals surface area (Å²) in [5.41, 5.74) is -3.91. The number of rotatable bonds is 10. The van der Waals surface area contributed by atoms with Gasteiger partial charge in [0.2, 0.25) is 0 Å². The van der Waals surface area contributed by atoms with Crippen molar-refractivity contribution in [1.82, 2.24) is 15.3 Å². The number of nitrogens with one attached hydrogen (secondary N) is 3. The zero-order valence-electron chi connectivity index (χ0n) is 15.9. The first-order chi connectivity index (χ1) is 13.5. The van der Waals surface area contributed by atoms with Crippen molar-refractivity contribution >= 4 is 17.8 Å². The minimum Gasteiger partial charge on any atom is -0.297 e. The first-order valence-corrected chi connectivity index (χ1v) is 11.2. The van der Waals surface area contributed by atoms with E-state index in [1.165, 1.54) is 12.1 Å². The van der Waals surface area contributed by atoms with Crippen molar-refractivity contribution in [3.05, 3.63) is 29.8 Å². The van der Waals surface area contributed by atoms with Crippen LogP contribution in [0.3, 0.4) is 0 Å². The Morgan fingerprint density at radius 1 is 0.933 bits per heavy atom. The van der Waals surface area contributed by atoms with E-state index < -0.39 is 53.9 Å². The molecule has 16 heteroatoms. The van der Waals surface area contributed by atoms with Crippen LogP contribution in [0.5, 0.6) is 0 Å². The van der Waals surface area contributed by atoms with E-state index in [9.17, 15) is 39.3 Å². The van der Waals surface area contributed by atoms with Gasteiger partial charge in [-0.2, -0.15) is 31.4 Å². The van der Waals surface area contributed by atoms with Crippen molar-refractivity contribution in [2.45, 2.75) is 43.7 Å². The average molecular weight is 487 g/mol. The maximum atomic E-state index is 13.6. The lowest BCUT2D eigenvalue weighted by Crippen LogP contribution is -2.76. The highest BCUT2D eigenvalue weighted by atomic mass is 32.2. The molecule has 0 bridgehead atoms. The summed E-state index contributed by atoms with van der Waals surface area (Å²) in [6, 6.07) is 4.51. The molecule has 1 aromatic carbocycles. The first kappa shape index (κ1) is 26.8. The second kappa shape index (κ2) is 9.51. The Labute approximate surface area is 168 Å². The summed E-state index contributed by atoms with van der Waals surface area (Å²) in [6.45, 7) is 2.77. The number of benzene rings is 1. The van der Waals surface area contributed by atoms with E-state index in [0.717, 1.165) is 35.9 Å². The Balaban J connectivity index is 3.43. The fourth-order valence-electron chi connectivity index (χ4n) is 2.02. The van der Waals surface area contributed by atoms with E-state index in [4.69, 9.17) is 0 Å². The average Bonchev–Trinajstić information content (AvgIpc) is 2.57. The highest BCUT2D eigenvalue weighted by molar-refractivity contribution is 7.89. The predicted octanol–water partition coefficient (Wildman–Crippen LogP) is 3.37. The lowest BCUT2D eigenvalue weighted by atomic mass is 10.2. The summed E-state index contributed by atoms with van der Waals surface area (Å²) in [4.78, 5) is 0.429. The molecule has 1 rings (SSSR count). The lowest BCUT2D eigenvalue weighted by Gasteiger charge is -2.39. The summed E-state index contributed by atoms with van der Waals surface area (Å²) in [5, 5.41) is 0.782. The standard InChI is InChI=1S/C14H20F6N3O5PS/c1-4-27-29(24,28-5-2)22-12(13(15,16)17,14(18,19)20)21-23-30(25,26)11-8-6-10(3)7-9-11/h6-9,21,23H,4-5H2,1-3H3,(H,22,24). The quantitative estimate of drug-likeness (QED) is 0.201. The zero-order valence-corrected chi connectivity index (χ0v) is 17.6. The highest BCUT2D eigenvalue weighted by Crippen LogP contribution is 2.52. The molecule has 0 spiro atoms. The molecule has 0 aromatic heterocycles. The molecule has 0 fully saturated rings. The van der Waals surface area contributed by atoms with Crippen LogP contribution in [-0.2, 0) is 23.6 Å². The molecule has 0 aliphatic carbocycles. The Kier molecular flexibility index (Phi) is 8.50. The van der Waals surface area contributed by atoms with E-state index in [-0.39, 0.29) is 0 Å². The van der Waals surface area contributed by atoms with Crippen LogP contribution in [0.1, 0.15) is 19.4 Å². The Morgan fingerprint density at radius 3 is 1.73 bits per heavy atom. The molecule has 8 nitrogen and oxygen atoms in total. The van der Waals surface area contributed by atoms with Crippen molar-refractivity contribution in [3.63, 3.8) is 0 Å². The molecule has 30 heavy (non-hydrogen) atoms. The van der Waals surface area contributed by atoms with Gasteiger partial charge in [-0.3, -0.25) is 9.05 Å². The van der Waals surface area contributed by atoms with Crippen molar-refractivity contribution in [2.24, 2.45) is 0 Å². The summed E-state index contributed by atoms with van der Waals surface area (Å²) < 4.78 is 127. The number of aryl methyl sites for hydroxylation is 1. The van der Waals surface area contributed by atoms with E-state index in [1.807, 2.05) is 0 Å². The molecule has 174 valence electrons. The largest absolute Gasteiger partial charge is 0.430 e. The Hall–Kier alpha value is -1.22. The van der Waals surface area contributed by atoms with Gasteiger partial charge < -0.3 is 0 Å². The third-order valence-corrected chi connectivity index (χ3v) is 6.53. The van der Waals surface area contributed by atoms with E-state index in [2.05, 4.69) is 9.05 Å². The molecule has 0 saturated heterocycles. The van der Waals surface area contributed by atoms with Crippen LogP contribution in [0.2, 0.25) is 0 Å². The minimum atomic E-state index is -6.25. The Bertz CT molecular complexity index is 836. The van der Waals surface area contributed by atoms with E-state index in [0.29, 0.717) is 11.0 Å². The summed E-state index contributed by atoms with van der Waals surface area (Å²) >= 11 is 0. The van der Waals surface area contributed by atoms with Crippen LogP contribution in [-0.4, -0.2) is 39.6 Å². The molecule has 0 radical (unpaired) electrons. The lowest BCUT2D eigenvalue weighted by molar-refractivity contribution is -0.314. The number of alkyl halides is 6. The monoisotopic (exact) mass is 487 g/mol. The highest BCUT2D eigenvalue weighted by Gasteiger charge is 2.74. The van der Waals surface area contributed by atoms with Gasteiger partial charge in [-0.25, -0.2) is 18.4 Å². The van der Waals surface area contributed by atoms with Crippen LogP contribution in [0.4, 0.5) is 26.3 Å². The Morgan fingerprint density at radius 2 is 1.37 bits per heavy atom. The summed E-state index contributed by atoms with van der Waals surface area (Å²) in [6.07, 6.45) is -12.5. The van der Waals surface area contributed by atoms with Crippen LogP contribution < -0.4 is 15.3 Å². The topological polar surface area (TPSA) is 106 Å². The smallest absolute Gasteiger partial charge is 0.297 e. The van der Waals surface area contributed by atoms with Crippen LogP contribution in [0.15, 0.2) is 29.2 Å². The van der Waals surface area contributed by atoms with Crippen molar-refractivity contribution in [1.29, 1.82) is 0 Å². The molecule has 0 aliphatic heterocycles.